The average Bonchev–Trinajstić information content (AvgIpc) is 3.41. The summed E-state index contributed by atoms with van der Waals surface area (Å²) in [6.45, 7) is 3.49. The Hall–Kier alpha value is -3.50. The molecule has 4 aromatic rings. The van der Waals surface area contributed by atoms with Crippen LogP contribution in [0.15, 0.2) is 42.6 Å². The first-order chi connectivity index (χ1) is 16.7. The first kappa shape index (κ1) is 21.1. The van der Waals surface area contributed by atoms with Crippen molar-refractivity contribution >= 4 is 44.0 Å². The molecule has 6 rings (SSSR count). The van der Waals surface area contributed by atoms with E-state index in [1.807, 2.05) is 18.2 Å². The molecule has 2 fully saturated rings. The van der Waals surface area contributed by atoms with Crippen molar-refractivity contribution < 1.29 is 9.53 Å². The molecule has 2 aliphatic rings. The zero-order chi connectivity index (χ0) is 23.1. The van der Waals surface area contributed by atoms with E-state index in [1.54, 1.807) is 23.6 Å². The molecule has 3 N–H and O–H groups in total. The van der Waals surface area contributed by atoms with Crippen LogP contribution in [0.1, 0.15) is 23.3 Å². The van der Waals surface area contributed by atoms with Crippen molar-refractivity contribution in [1.29, 1.82) is 0 Å². The van der Waals surface area contributed by atoms with Crippen molar-refractivity contribution in [2.75, 3.05) is 48.5 Å². The molecule has 10 heteroatoms. The van der Waals surface area contributed by atoms with E-state index in [4.69, 9.17) is 4.98 Å². The van der Waals surface area contributed by atoms with Crippen molar-refractivity contribution in [3.8, 4) is 11.4 Å². The van der Waals surface area contributed by atoms with E-state index in [0.29, 0.717) is 17.4 Å². The molecule has 0 radical (unpaired) electrons. The molecule has 1 aliphatic heterocycles. The summed E-state index contributed by atoms with van der Waals surface area (Å²) in [5.74, 6) is -0.242. The number of ether oxygens (including phenoxy) is 1. The molecule has 0 atom stereocenters. The molecule has 3 aromatic heterocycles. The number of rotatable bonds is 6. The number of hydrogen-bond acceptors (Lipinski definition) is 7. The summed E-state index contributed by atoms with van der Waals surface area (Å²) in [5, 5.41) is 11.0. The van der Waals surface area contributed by atoms with E-state index in [9.17, 15) is 4.79 Å². The maximum absolute atomic E-state index is 13.2. The van der Waals surface area contributed by atoms with Gasteiger partial charge in [0.25, 0.3) is 5.91 Å². The third kappa shape index (κ3) is 4.10. The van der Waals surface area contributed by atoms with Gasteiger partial charge in [0, 0.05) is 19.3 Å². The van der Waals surface area contributed by atoms with E-state index < -0.39 is 0 Å². The SMILES string of the molecule is CN(c1cc2nc(N3CC[OH+]CC3)sc2cc1NC(=O)c1cccc(-c2ccn[nH]2)n1)C1CC1. The number of aliphatic hydroxyl groups is 2. The van der Waals surface area contributed by atoms with Crippen molar-refractivity contribution in [1.82, 2.24) is 20.2 Å². The number of hydrogen-bond donors (Lipinski definition) is 2. The standard InChI is InChI=1S/C24H25N7O2S/c1-30(15-5-6-15)21-13-20-22(34-24(28-20)31-9-11-33-12-10-31)14-19(21)27-23(32)18-4-2-3-16(26-18)17-7-8-25-29-17/h2-4,7-8,13-15H,5-6,9-12H2,1H3,(H,25,29)(H,27,32)/p+1. The molecule has 1 saturated heterocycles. The van der Waals surface area contributed by atoms with Gasteiger partial charge in [-0.1, -0.05) is 17.4 Å². The predicted molar refractivity (Wildman–Crippen MR) is 135 cm³/mol. The number of carbonyl (C=O) groups is 1. The van der Waals surface area contributed by atoms with Gasteiger partial charge in [-0.15, -0.1) is 0 Å². The molecule has 1 saturated carbocycles. The Morgan fingerprint density at radius 1 is 1.21 bits per heavy atom. The Kier molecular flexibility index (Phi) is 5.39. The average molecular weight is 477 g/mol. The summed E-state index contributed by atoms with van der Waals surface area (Å²) in [5.41, 5.74) is 4.53. The highest BCUT2D eigenvalue weighted by molar-refractivity contribution is 7.22. The van der Waals surface area contributed by atoms with Gasteiger partial charge in [-0.25, -0.2) is 9.97 Å². The van der Waals surface area contributed by atoms with Gasteiger partial charge < -0.3 is 19.9 Å². The molecule has 9 nitrogen and oxygen atoms in total. The maximum atomic E-state index is 13.2. The smallest absolute Gasteiger partial charge is 0.274 e. The second-order valence-corrected chi connectivity index (χ2v) is 9.68. The Bertz CT molecular complexity index is 1330. The highest BCUT2D eigenvalue weighted by atomic mass is 32.1. The molecule has 1 amide bonds. The molecule has 0 unspecified atom stereocenters. The fourth-order valence-electron chi connectivity index (χ4n) is 4.23. The van der Waals surface area contributed by atoms with Crippen LogP contribution in [0.25, 0.3) is 21.6 Å². The van der Waals surface area contributed by atoms with Gasteiger partial charge in [0.2, 0.25) is 0 Å². The van der Waals surface area contributed by atoms with Crippen LogP contribution in [0, 0.1) is 0 Å². The van der Waals surface area contributed by atoms with Gasteiger partial charge in [-0.2, -0.15) is 5.10 Å². The summed E-state index contributed by atoms with van der Waals surface area (Å²) in [4.78, 5) is 27.2. The molecule has 0 spiro atoms. The first-order valence-corrected chi connectivity index (χ1v) is 12.3. The number of H-pyrrole nitrogens is 1. The summed E-state index contributed by atoms with van der Waals surface area (Å²) >= 11 is 1.66. The minimum atomic E-state index is -0.242. The Labute approximate surface area is 200 Å². The molecule has 34 heavy (non-hydrogen) atoms. The largest absolute Gasteiger partial charge is 0.431 e. The number of aromatic nitrogens is 4. The molecule has 1 aliphatic carbocycles. The lowest BCUT2D eigenvalue weighted by Gasteiger charge is -2.23. The lowest BCUT2D eigenvalue weighted by Crippen LogP contribution is -2.37. The third-order valence-corrected chi connectivity index (χ3v) is 7.38. The van der Waals surface area contributed by atoms with Crippen LogP contribution < -0.4 is 15.1 Å². The Morgan fingerprint density at radius 3 is 2.82 bits per heavy atom. The number of nitrogens with one attached hydrogen (secondary N) is 2. The van der Waals surface area contributed by atoms with Gasteiger partial charge in [0.1, 0.15) is 5.69 Å². The topological polar surface area (TPSA) is 103 Å². The Balaban J connectivity index is 1.33. The van der Waals surface area contributed by atoms with Gasteiger partial charge in [0.15, 0.2) is 18.3 Å². The minimum Gasteiger partial charge on any atom is -0.431 e. The van der Waals surface area contributed by atoms with Gasteiger partial charge in [-0.3, -0.25) is 9.89 Å². The zero-order valence-electron chi connectivity index (χ0n) is 18.9. The van der Waals surface area contributed by atoms with Crippen LogP contribution in [-0.2, 0) is 0 Å². The number of morpholine rings is 1. The molecule has 4 heterocycles. The number of amides is 1. The normalized spacial score (nSPS) is 16.1. The number of anilines is 3. The molecule has 174 valence electrons. The van der Waals surface area contributed by atoms with Crippen LogP contribution in [0.4, 0.5) is 16.5 Å². The van der Waals surface area contributed by atoms with E-state index in [1.165, 1.54) is 0 Å². The van der Waals surface area contributed by atoms with Crippen LogP contribution >= 0.6 is 11.3 Å². The summed E-state index contributed by atoms with van der Waals surface area (Å²) in [7, 11) is 2.09. The number of pyridine rings is 1. The van der Waals surface area contributed by atoms with Crippen LogP contribution in [0.2, 0.25) is 0 Å². The monoisotopic (exact) mass is 476 g/mol. The van der Waals surface area contributed by atoms with Gasteiger partial charge >= 0.3 is 0 Å². The van der Waals surface area contributed by atoms with E-state index in [-0.39, 0.29) is 5.91 Å². The van der Waals surface area contributed by atoms with Crippen molar-refractivity contribution in [2.45, 2.75) is 18.9 Å². The van der Waals surface area contributed by atoms with E-state index in [0.717, 1.165) is 71.6 Å². The van der Waals surface area contributed by atoms with Crippen LogP contribution in [0.5, 0.6) is 0 Å². The fraction of sp³-hybridized carbons (Fsp3) is 0.333. The van der Waals surface area contributed by atoms with Crippen molar-refractivity contribution in [2.24, 2.45) is 0 Å². The second-order valence-electron chi connectivity index (χ2n) is 8.67. The second kappa shape index (κ2) is 8.69. The molecule has 0 bridgehead atoms. The molecular formula is C24H26N7O2S+. The fourth-order valence-corrected chi connectivity index (χ4v) is 5.27. The number of aromatic amines is 1. The summed E-state index contributed by atoms with van der Waals surface area (Å²) in [6, 6.07) is 11.9. The van der Waals surface area contributed by atoms with Crippen LogP contribution in [-0.4, -0.2) is 70.2 Å². The highest BCUT2D eigenvalue weighted by Gasteiger charge is 2.29. The number of fused-ring (bicyclic) bond motifs is 1. The number of thiazole rings is 1. The number of nitrogens with zero attached hydrogens (tertiary/aromatic N) is 5. The highest BCUT2D eigenvalue weighted by Crippen LogP contribution is 2.40. The van der Waals surface area contributed by atoms with E-state index >= 15 is 0 Å². The quantitative estimate of drug-likeness (QED) is 0.414. The van der Waals surface area contributed by atoms with Crippen molar-refractivity contribution in [3.05, 3.63) is 48.3 Å². The predicted octanol–water partition coefficient (Wildman–Crippen LogP) is 3.28. The lowest BCUT2D eigenvalue weighted by atomic mass is 10.2. The first-order valence-electron chi connectivity index (χ1n) is 11.5. The third-order valence-electron chi connectivity index (χ3n) is 6.30. The van der Waals surface area contributed by atoms with Crippen molar-refractivity contribution in [3.63, 3.8) is 0 Å². The van der Waals surface area contributed by atoms with Crippen LogP contribution in [0.3, 0.4) is 0 Å². The molecular weight excluding hydrogens is 450 g/mol. The minimum absolute atomic E-state index is 0.242. The molecule has 1 aromatic carbocycles. The zero-order valence-corrected chi connectivity index (χ0v) is 19.7. The lowest BCUT2D eigenvalue weighted by molar-refractivity contribution is -0.0437. The number of carbonyl (C=O) groups excluding carboxylic acids is 1. The summed E-state index contributed by atoms with van der Waals surface area (Å²) in [6.07, 6.45) is 3.99. The summed E-state index contributed by atoms with van der Waals surface area (Å²) < 4.78 is 5.49. The maximum Gasteiger partial charge on any atom is 0.274 e. The van der Waals surface area contributed by atoms with Gasteiger partial charge in [-0.05, 0) is 43.2 Å². The Morgan fingerprint density at radius 2 is 2.06 bits per heavy atom. The van der Waals surface area contributed by atoms with E-state index in [2.05, 4.69) is 54.2 Å². The van der Waals surface area contributed by atoms with Gasteiger partial charge in [0.05, 0.1) is 46.1 Å². The number of benzene rings is 1.